The van der Waals surface area contributed by atoms with Crippen LogP contribution >= 0.6 is 0 Å². The first-order valence-electron chi connectivity index (χ1n) is 8.67. The Bertz CT molecular complexity index is 1240. The Morgan fingerprint density at radius 1 is 0.538 bits per heavy atom. The molecule has 5 aromatic rings. The summed E-state index contributed by atoms with van der Waals surface area (Å²) in [5, 5.41) is 2.25. The third-order valence-electron chi connectivity index (χ3n) is 4.81. The summed E-state index contributed by atoms with van der Waals surface area (Å²) >= 11 is 0. The zero-order valence-corrected chi connectivity index (χ0v) is 14.1. The van der Waals surface area contributed by atoms with Gasteiger partial charge in [-0.2, -0.15) is 0 Å². The molecule has 1 heterocycles. The molecule has 26 heavy (non-hydrogen) atoms. The topological polar surface area (TPSA) is 39.2 Å². The van der Waals surface area contributed by atoms with Gasteiger partial charge in [0.2, 0.25) is 0 Å². The van der Waals surface area contributed by atoms with E-state index in [-0.39, 0.29) is 0 Å². The molecule has 2 nitrogen and oxygen atoms in total. The van der Waals surface area contributed by atoms with Crippen molar-refractivity contribution in [1.29, 1.82) is 0 Å². The summed E-state index contributed by atoms with van der Waals surface area (Å²) in [4.78, 5) is 0. The Morgan fingerprint density at radius 3 is 1.77 bits per heavy atom. The van der Waals surface area contributed by atoms with Crippen molar-refractivity contribution in [1.82, 2.24) is 0 Å². The first-order valence-corrected chi connectivity index (χ1v) is 8.67. The van der Waals surface area contributed by atoms with Crippen LogP contribution in [0.4, 0.5) is 5.69 Å². The van der Waals surface area contributed by atoms with Crippen LogP contribution < -0.4 is 5.73 Å². The number of nitrogen functional groups attached to an aromatic ring is 1. The van der Waals surface area contributed by atoms with Crippen LogP contribution in [-0.4, -0.2) is 0 Å². The van der Waals surface area contributed by atoms with Crippen LogP contribution in [0.15, 0.2) is 95.4 Å². The molecule has 0 saturated heterocycles. The summed E-state index contributed by atoms with van der Waals surface area (Å²) in [6.07, 6.45) is 0. The second-order valence-electron chi connectivity index (χ2n) is 6.46. The molecule has 124 valence electrons. The summed E-state index contributed by atoms with van der Waals surface area (Å²) in [6.45, 7) is 0. The van der Waals surface area contributed by atoms with E-state index in [2.05, 4.69) is 66.7 Å². The fraction of sp³-hybridized carbons (Fsp3) is 0. The van der Waals surface area contributed by atoms with E-state index in [0.29, 0.717) is 0 Å². The van der Waals surface area contributed by atoms with Gasteiger partial charge in [-0.25, -0.2) is 0 Å². The Balaban J connectivity index is 1.84. The molecule has 1 aromatic heterocycles. The van der Waals surface area contributed by atoms with E-state index in [4.69, 9.17) is 10.2 Å². The fourth-order valence-electron chi connectivity index (χ4n) is 3.60. The van der Waals surface area contributed by atoms with Crippen molar-refractivity contribution in [2.45, 2.75) is 0 Å². The molecule has 0 aliphatic rings. The Labute approximate surface area is 151 Å². The molecule has 0 amide bonds. The van der Waals surface area contributed by atoms with Crippen LogP contribution in [0, 0.1) is 0 Å². The van der Waals surface area contributed by atoms with Gasteiger partial charge in [0.25, 0.3) is 0 Å². The highest BCUT2D eigenvalue weighted by Gasteiger charge is 2.15. The number of hydrogen-bond acceptors (Lipinski definition) is 2. The van der Waals surface area contributed by atoms with Crippen molar-refractivity contribution in [3.8, 4) is 22.3 Å². The number of rotatable bonds is 2. The smallest absolute Gasteiger partial charge is 0.143 e. The van der Waals surface area contributed by atoms with Crippen LogP contribution in [0.3, 0.4) is 0 Å². The van der Waals surface area contributed by atoms with Gasteiger partial charge in [-0.05, 0) is 23.3 Å². The van der Waals surface area contributed by atoms with Gasteiger partial charge in [-0.3, -0.25) is 0 Å². The third-order valence-corrected chi connectivity index (χ3v) is 4.81. The van der Waals surface area contributed by atoms with Crippen molar-refractivity contribution in [2.24, 2.45) is 0 Å². The number of benzene rings is 4. The molecule has 0 spiro atoms. The lowest BCUT2D eigenvalue weighted by Gasteiger charge is -2.03. The molecule has 4 aromatic carbocycles. The van der Waals surface area contributed by atoms with Gasteiger partial charge in [0.05, 0.1) is 0 Å². The highest BCUT2D eigenvalue weighted by Crippen LogP contribution is 2.39. The summed E-state index contributed by atoms with van der Waals surface area (Å²) in [7, 11) is 0. The summed E-state index contributed by atoms with van der Waals surface area (Å²) in [5.41, 5.74) is 12.9. The van der Waals surface area contributed by atoms with Crippen molar-refractivity contribution >= 4 is 27.6 Å². The van der Waals surface area contributed by atoms with Gasteiger partial charge in [0, 0.05) is 27.6 Å². The summed E-state index contributed by atoms with van der Waals surface area (Å²) in [6, 6.07) is 30.9. The minimum atomic E-state index is 0.751. The molecule has 0 unspecified atom stereocenters. The first-order chi connectivity index (χ1) is 12.8. The predicted molar refractivity (Wildman–Crippen MR) is 109 cm³/mol. The number of nitrogens with two attached hydrogens (primary N) is 1. The number of furan rings is 1. The summed E-state index contributed by atoms with van der Waals surface area (Å²) in [5.74, 6) is 0. The molecule has 0 radical (unpaired) electrons. The van der Waals surface area contributed by atoms with Gasteiger partial charge < -0.3 is 10.2 Å². The average molecular weight is 335 g/mol. The lowest BCUT2D eigenvalue weighted by atomic mass is 10.00. The van der Waals surface area contributed by atoms with Crippen LogP contribution in [0.2, 0.25) is 0 Å². The standard InChI is InChI=1S/C24H17NO/c25-18-10-4-9-17(15-18)20-12-6-14-22-21-13-5-11-19(23(21)26-24(20)22)16-7-2-1-3-8-16/h1-15H,25H2. The molecule has 0 fully saturated rings. The number of anilines is 1. The maximum absolute atomic E-state index is 6.42. The monoisotopic (exact) mass is 335 g/mol. The molecule has 5 rings (SSSR count). The van der Waals surface area contributed by atoms with Crippen LogP contribution in [0.5, 0.6) is 0 Å². The molecule has 0 bridgehead atoms. The molecule has 0 aliphatic carbocycles. The fourth-order valence-corrected chi connectivity index (χ4v) is 3.60. The van der Waals surface area contributed by atoms with Crippen molar-refractivity contribution < 1.29 is 4.42 Å². The lowest BCUT2D eigenvalue weighted by molar-refractivity contribution is 0.671. The van der Waals surface area contributed by atoms with Crippen LogP contribution in [-0.2, 0) is 0 Å². The first kappa shape index (κ1) is 14.8. The predicted octanol–water partition coefficient (Wildman–Crippen LogP) is 6.50. The van der Waals surface area contributed by atoms with E-state index in [1.807, 2.05) is 24.3 Å². The third kappa shape index (κ3) is 2.27. The van der Waals surface area contributed by atoms with Crippen molar-refractivity contribution in [3.63, 3.8) is 0 Å². The maximum Gasteiger partial charge on any atom is 0.143 e. The van der Waals surface area contributed by atoms with Crippen LogP contribution in [0.1, 0.15) is 0 Å². The largest absolute Gasteiger partial charge is 0.455 e. The van der Waals surface area contributed by atoms with E-state index in [0.717, 1.165) is 49.9 Å². The summed E-state index contributed by atoms with van der Waals surface area (Å²) < 4.78 is 6.42. The Kier molecular flexibility index (Phi) is 3.29. The van der Waals surface area contributed by atoms with Gasteiger partial charge >= 0.3 is 0 Å². The molecule has 2 N–H and O–H groups in total. The number of hydrogen-bond donors (Lipinski definition) is 1. The lowest BCUT2D eigenvalue weighted by Crippen LogP contribution is -1.85. The molecular formula is C24H17NO. The van der Waals surface area contributed by atoms with E-state index >= 15 is 0 Å². The zero-order chi connectivity index (χ0) is 17.5. The molecule has 0 atom stereocenters. The van der Waals surface area contributed by atoms with Gasteiger partial charge in [-0.1, -0.05) is 78.9 Å². The number of para-hydroxylation sites is 2. The second-order valence-corrected chi connectivity index (χ2v) is 6.46. The molecular weight excluding hydrogens is 318 g/mol. The molecule has 0 saturated carbocycles. The van der Waals surface area contributed by atoms with Crippen molar-refractivity contribution in [3.05, 3.63) is 91.0 Å². The normalized spacial score (nSPS) is 11.2. The minimum absolute atomic E-state index is 0.751. The Morgan fingerprint density at radius 2 is 1.12 bits per heavy atom. The second kappa shape index (κ2) is 5.78. The quantitative estimate of drug-likeness (QED) is 0.374. The average Bonchev–Trinajstić information content (AvgIpc) is 3.07. The highest BCUT2D eigenvalue weighted by molar-refractivity contribution is 6.13. The maximum atomic E-state index is 6.42. The van der Waals surface area contributed by atoms with E-state index in [1.165, 1.54) is 0 Å². The zero-order valence-electron chi connectivity index (χ0n) is 14.1. The Hall–Kier alpha value is -3.52. The molecule has 0 aliphatic heterocycles. The van der Waals surface area contributed by atoms with E-state index < -0.39 is 0 Å². The van der Waals surface area contributed by atoms with Crippen LogP contribution in [0.25, 0.3) is 44.2 Å². The van der Waals surface area contributed by atoms with E-state index in [9.17, 15) is 0 Å². The molecule has 2 heteroatoms. The van der Waals surface area contributed by atoms with Gasteiger partial charge in [-0.15, -0.1) is 0 Å². The number of fused-ring (bicyclic) bond motifs is 3. The highest BCUT2D eigenvalue weighted by atomic mass is 16.3. The van der Waals surface area contributed by atoms with Gasteiger partial charge in [0.1, 0.15) is 11.2 Å². The van der Waals surface area contributed by atoms with Gasteiger partial charge in [0.15, 0.2) is 0 Å². The van der Waals surface area contributed by atoms with Crippen molar-refractivity contribution in [2.75, 3.05) is 5.73 Å². The SMILES string of the molecule is Nc1cccc(-c2cccc3c2oc2c(-c4ccccc4)cccc23)c1. The minimum Gasteiger partial charge on any atom is -0.455 e. The van der Waals surface area contributed by atoms with E-state index in [1.54, 1.807) is 0 Å².